The zero-order chi connectivity index (χ0) is 14.8. The van der Waals surface area contributed by atoms with E-state index in [-0.39, 0.29) is 17.8 Å². The van der Waals surface area contributed by atoms with Crippen molar-refractivity contribution in [3.05, 3.63) is 65.7 Å². The van der Waals surface area contributed by atoms with Gasteiger partial charge in [0, 0.05) is 5.56 Å². The normalized spacial score (nSPS) is 11.3. The smallest absolute Gasteiger partial charge is 0.232 e. The van der Waals surface area contributed by atoms with Crippen LogP contribution in [0.1, 0.15) is 5.56 Å². The van der Waals surface area contributed by atoms with E-state index in [1.165, 1.54) is 30.3 Å². The number of hydrogen-bond acceptors (Lipinski definition) is 2. The van der Waals surface area contributed by atoms with Crippen molar-refractivity contribution in [2.24, 2.45) is 0 Å². The predicted molar refractivity (Wildman–Crippen MR) is 73.8 cm³/mol. The van der Waals surface area contributed by atoms with Gasteiger partial charge in [-0.25, -0.2) is 17.2 Å². The lowest BCUT2D eigenvalue weighted by Gasteiger charge is -2.22. The summed E-state index contributed by atoms with van der Waals surface area (Å²) in [7, 11) is -3.60. The second kappa shape index (κ2) is 5.58. The number of benzene rings is 2. The molecular weight excluding hydrogens is 284 g/mol. The molecular formula is C14H13F2NO2S. The van der Waals surface area contributed by atoms with E-state index in [0.717, 1.165) is 22.7 Å². The molecule has 106 valence electrons. The lowest BCUT2D eigenvalue weighted by molar-refractivity contribution is 0.589. The lowest BCUT2D eigenvalue weighted by atomic mass is 10.2. The van der Waals surface area contributed by atoms with Gasteiger partial charge in [0.25, 0.3) is 0 Å². The highest BCUT2D eigenvalue weighted by molar-refractivity contribution is 7.92. The molecule has 0 amide bonds. The largest absolute Gasteiger partial charge is 0.266 e. The van der Waals surface area contributed by atoms with Gasteiger partial charge in [0.15, 0.2) is 0 Å². The Kier molecular flexibility index (Phi) is 4.04. The van der Waals surface area contributed by atoms with E-state index in [1.54, 1.807) is 6.07 Å². The molecule has 0 aliphatic heterocycles. The van der Waals surface area contributed by atoms with E-state index >= 15 is 0 Å². The number of rotatable bonds is 4. The van der Waals surface area contributed by atoms with Gasteiger partial charge < -0.3 is 0 Å². The molecule has 2 aromatic carbocycles. The molecule has 0 aliphatic rings. The zero-order valence-electron chi connectivity index (χ0n) is 10.8. The van der Waals surface area contributed by atoms with Gasteiger partial charge in [-0.15, -0.1) is 0 Å². The second-order valence-corrected chi connectivity index (χ2v) is 6.24. The monoisotopic (exact) mass is 297 g/mol. The number of halogens is 2. The van der Waals surface area contributed by atoms with Gasteiger partial charge in [-0.2, -0.15) is 0 Å². The maximum Gasteiger partial charge on any atom is 0.232 e. The summed E-state index contributed by atoms with van der Waals surface area (Å²) in [5.74, 6) is -0.948. The Hall–Kier alpha value is -1.95. The standard InChI is InChI=1S/C14H13F2NO2S/c1-20(18,19)17(13-8-6-12(15)7-9-13)10-11-4-2-3-5-14(11)16/h2-9H,10H2,1H3. The molecule has 0 aromatic heterocycles. The van der Waals surface area contributed by atoms with E-state index in [4.69, 9.17) is 0 Å². The van der Waals surface area contributed by atoms with Crippen molar-refractivity contribution in [3.8, 4) is 0 Å². The number of sulfonamides is 1. The van der Waals surface area contributed by atoms with Crippen LogP contribution in [0.5, 0.6) is 0 Å². The van der Waals surface area contributed by atoms with Crippen molar-refractivity contribution >= 4 is 15.7 Å². The maximum atomic E-state index is 13.6. The van der Waals surface area contributed by atoms with Gasteiger partial charge >= 0.3 is 0 Å². The van der Waals surface area contributed by atoms with E-state index < -0.39 is 21.7 Å². The fraction of sp³-hybridized carbons (Fsp3) is 0.143. The first kappa shape index (κ1) is 14.5. The Balaban J connectivity index is 2.40. The van der Waals surface area contributed by atoms with Gasteiger partial charge in [0.2, 0.25) is 10.0 Å². The highest BCUT2D eigenvalue weighted by Gasteiger charge is 2.19. The third kappa shape index (κ3) is 3.33. The minimum absolute atomic E-state index is 0.142. The van der Waals surface area contributed by atoms with Gasteiger partial charge in [-0.05, 0) is 30.3 Å². The lowest BCUT2D eigenvalue weighted by Crippen LogP contribution is -2.29. The highest BCUT2D eigenvalue weighted by Crippen LogP contribution is 2.21. The molecule has 0 fully saturated rings. The average molecular weight is 297 g/mol. The summed E-state index contributed by atoms with van der Waals surface area (Å²) in [6, 6.07) is 10.9. The van der Waals surface area contributed by atoms with Gasteiger partial charge in [0.1, 0.15) is 11.6 Å². The average Bonchev–Trinajstić information content (AvgIpc) is 2.38. The molecule has 0 N–H and O–H groups in total. The van der Waals surface area contributed by atoms with Crippen LogP contribution >= 0.6 is 0 Å². The fourth-order valence-corrected chi connectivity index (χ4v) is 2.67. The van der Waals surface area contributed by atoms with Crippen LogP contribution < -0.4 is 4.31 Å². The summed E-state index contributed by atoms with van der Waals surface area (Å²) >= 11 is 0. The van der Waals surface area contributed by atoms with Crippen LogP contribution in [0.15, 0.2) is 48.5 Å². The first-order valence-corrected chi connectivity index (χ1v) is 7.69. The summed E-state index contributed by atoms with van der Waals surface area (Å²) in [5.41, 5.74) is 0.541. The van der Waals surface area contributed by atoms with Crippen LogP contribution in [0.4, 0.5) is 14.5 Å². The molecule has 0 saturated carbocycles. The third-order valence-corrected chi connectivity index (χ3v) is 3.93. The van der Waals surface area contributed by atoms with Crippen LogP contribution in [0.25, 0.3) is 0 Å². The molecule has 2 rings (SSSR count). The highest BCUT2D eigenvalue weighted by atomic mass is 32.2. The van der Waals surface area contributed by atoms with Crippen molar-refractivity contribution in [2.75, 3.05) is 10.6 Å². The van der Waals surface area contributed by atoms with E-state index in [2.05, 4.69) is 0 Å². The zero-order valence-corrected chi connectivity index (χ0v) is 11.6. The number of anilines is 1. The van der Waals surface area contributed by atoms with Crippen LogP contribution in [-0.2, 0) is 16.6 Å². The molecule has 0 heterocycles. The van der Waals surface area contributed by atoms with E-state index in [0.29, 0.717) is 0 Å². The minimum Gasteiger partial charge on any atom is -0.266 e. The summed E-state index contributed by atoms with van der Waals surface area (Å²) in [6.07, 6.45) is 1.03. The second-order valence-electron chi connectivity index (χ2n) is 4.34. The quantitative estimate of drug-likeness (QED) is 0.870. The molecule has 0 bridgehead atoms. The molecule has 20 heavy (non-hydrogen) atoms. The topological polar surface area (TPSA) is 37.4 Å². The Morgan fingerprint density at radius 1 is 1.00 bits per heavy atom. The number of nitrogens with zero attached hydrogens (tertiary/aromatic N) is 1. The molecule has 0 radical (unpaired) electrons. The van der Waals surface area contributed by atoms with Gasteiger partial charge in [0.05, 0.1) is 18.5 Å². The van der Waals surface area contributed by atoms with Crippen molar-refractivity contribution < 1.29 is 17.2 Å². The van der Waals surface area contributed by atoms with Crippen molar-refractivity contribution in [3.63, 3.8) is 0 Å². The van der Waals surface area contributed by atoms with Crippen LogP contribution in [0.2, 0.25) is 0 Å². The maximum absolute atomic E-state index is 13.6. The van der Waals surface area contributed by atoms with Crippen LogP contribution in [0.3, 0.4) is 0 Å². The molecule has 0 saturated heterocycles. The summed E-state index contributed by atoms with van der Waals surface area (Å²) in [5, 5.41) is 0. The molecule has 0 unspecified atom stereocenters. The Bertz CT molecular complexity index is 699. The molecule has 2 aromatic rings. The minimum atomic E-state index is -3.60. The van der Waals surface area contributed by atoms with Gasteiger partial charge in [-0.3, -0.25) is 4.31 Å². The van der Waals surface area contributed by atoms with Gasteiger partial charge in [-0.1, -0.05) is 18.2 Å². The first-order valence-electron chi connectivity index (χ1n) is 5.84. The third-order valence-electron chi connectivity index (χ3n) is 2.79. The molecule has 0 atom stereocenters. The van der Waals surface area contributed by atoms with E-state index in [9.17, 15) is 17.2 Å². The molecule has 6 heteroatoms. The van der Waals surface area contributed by atoms with Crippen molar-refractivity contribution in [1.82, 2.24) is 0 Å². The summed E-state index contributed by atoms with van der Waals surface area (Å²) < 4.78 is 51.3. The van der Waals surface area contributed by atoms with Crippen molar-refractivity contribution in [1.29, 1.82) is 0 Å². The SMILES string of the molecule is CS(=O)(=O)N(Cc1ccccc1F)c1ccc(F)cc1. The molecule has 0 aliphatic carbocycles. The van der Waals surface area contributed by atoms with Crippen LogP contribution in [-0.4, -0.2) is 14.7 Å². The predicted octanol–water partition coefficient (Wildman–Crippen LogP) is 2.93. The van der Waals surface area contributed by atoms with Crippen LogP contribution in [0, 0.1) is 11.6 Å². The number of hydrogen-bond donors (Lipinski definition) is 0. The fourth-order valence-electron chi connectivity index (χ4n) is 1.79. The molecule has 3 nitrogen and oxygen atoms in total. The summed E-state index contributed by atoms with van der Waals surface area (Å²) in [6.45, 7) is -0.142. The molecule has 0 spiro atoms. The summed E-state index contributed by atoms with van der Waals surface area (Å²) in [4.78, 5) is 0. The Morgan fingerprint density at radius 3 is 2.15 bits per heavy atom. The first-order chi connectivity index (χ1) is 9.38. The van der Waals surface area contributed by atoms with Crippen molar-refractivity contribution in [2.45, 2.75) is 6.54 Å². The Morgan fingerprint density at radius 2 is 1.60 bits per heavy atom. The Labute approximate surface area is 116 Å². The van der Waals surface area contributed by atoms with E-state index in [1.807, 2.05) is 0 Å².